The zero-order chi connectivity index (χ0) is 15.4. The average molecular weight is 286 g/mol. The maximum atomic E-state index is 13.8. The maximum absolute atomic E-state index is 13.8. The fraction of sp³-hybridized carbons (Fsp3) is 0.500. The molecule has 0 spiro atoms. The van der Waals surface area contributed by atoms with E-state index in [4.69, 9.17) is 4.74 Å². The van der Waals surface area contributed by atoms with E-state index in [0.29, 0.717) is 6.54 Å². The van der Waals surface area contributed by atoms with Crippen LogP contribution < -0.4 is 4.74 Å². The van der Waals surface area contributed by atoms with Crippen molar-refractivity contribution in [3.05, 3.63) is 29.3 Å². The van der Waals surface area contributed by atoms with Gasteiger partial charge in [0.15, 0.2) is 11.6 Å². The summed E-state index contributed by atoms with van der Waals surface area (Å²) in [7, 11) is 5.10. The molecule has 1 atom stereocenters. The molecule has 1 aromatic rings. The summed E-state index contributed by atoms with van der Waals surface area (Å²) in [6, 6.07) is 1.71. The highest BCUT2D eigenvalue weighted by Gasteiger charge is 2.20. The monoisotopic (exact) mass is 286 g/mol. The van der Waals surface area contributed by atoms with Crippen LogP contribution >= 0.6 is 0 Å². The van der Waals surface area contributed by atoms with Crippen LogP contribution in [0.2, 0.25) is 0 Å². The predicted molar refractivity (Wildman–Crippen MR) is 72.8 cm³/mol. The minimum absolute atomic E-state index is 0.264. The number of rotatable bonds is 4. The maximum Gasteiger partial charge on any atom is 0.415 e. The number of halogens is 2. The van der Waals surface area contributed by atoms with E-state index in [0.717, 1.165) is 6.07 Å². The highest BCUT2D eigenvalue weighted by Crippen LogP contribution is 2.28. The van der Waals surface area contributed by atoms with Crippen LogP contribution in [0.3, 0.4) is 0 Å². The van der Waals surface area contributed by atoms with Crippen LogP contribution in [0.25, 0.3) is 0 Å². The molecule has 0 fully saturated rings. The minimum atomic E-state index is -0.893. The fourth-order valence-corrected chi connectivity index (χ4v) is 1.52. The van der Waals surface area contributed by atoms with E-state index in [-0.39, 0.29) is 17.4 Å². The van der Waals surface area contributed by atoms with E-state index in [2.05, 4.69) is 0 Å². The van der Waals surface area contributed by atoms with Gasteiger partial charge >= 0.3 is 6.09 Å². The number of carbonyl (C=O) groups excluding carboxylic acids is 1. The molecule has 0 radical (unpaired) electrons. The van der Waals surface area contributed by atoms with Gasteiger partial charge < -0.3 is 14.5 Å². The number of carbonyl (C=O) groups is 1. The molecule has 4 nitrogen and oxygen atoms in total. The van der Waals surface area contributed by atoms with Crippen LogP contribution in [-0.4, -0.2) is 43.6 Å². The first-order chi connectivity index (χ1) is 9.27. The summed E-state index contributed by atoms with van der Waals surface area (Å²) >= 11 is 0. The first-order valence-electron chi connectivity index (χ1n) is 6.36. The molecule has 0 aliphatic rings. The molecule has 0 bridgehead atoms. The van der Waals surface area contributed by atoms with Gasteiger partial charge in [0, 0.05) is 31.3 Å². The van der Waals surface area contributed by atoms with Crippen LogP contribution in [0.1, 0.15) is 25.5 Å². The summed E-state index contributed by atoms with van der Waals surface area (Å²) in [4.78, 5) is 14.7. The van der Waals surface area contributed by atoms with Gasteiger partial charge in [-0.3, -0.25) is 0 Å². The zero-order valence-electron chi connectivity index (χ0n) is 12.4. The summed E-state index contributed by atoms with van der Waals surface area (Å²) in [5.74, 6) is -1.82. The van der Waals surface area contributed by atoms with Gasteiger partial charge in [-0.05, 0) is 34.0 Å². The van der Waals surface area contributed by atoms with Crippen molar-refractivity contribution in [2.45, 2.75) is 19.9 Å². The Balaban J connectivity index is 3.09. The van der Waals surface area contributed by atoms with Crippen molar-refractivity contribution in [3.8, 4) is 5.75 Å². The third-order valence-corrected chi connectivity index (χ3v) is 3.26. The molecule has 1 amide bonds. The van der Waals surface area contributed by atoms with Crippen LogP contribution in [-0.2, 0) is 0 Å². The molecule has 0 N–H and O–H groups in total. The number of benzene rings is 1. The van der Waals surface area contributed by atoms with Crippen molar-refractivity contribution < 1.29 is 18.3 Å². The summed E-state index contributed by atoms with van der Waals surface area (Å²) in [6.07, 6.45) is -0.679. The molecule has 0 aromatic heterocycles. The Morgan fingerprint density at radius 3 is 2.35 bits per heavy atom. The van der Waals surface area contributed by atoms with Crippen molar-refractivity contribution in [3.63, 3.8) is 0 Å². The number of ether oxygens (including phenoxy) is 1. The molecule has 0 heterocycles. The van der Waals surface area contributed by atoms with Crippen molar-refractivity contribution in [1.29, 1.82) is 0 Å². The molecular formula is C14H20F2N2O2. The topological polar surface area (TPSA) is 32.8 Å². The lowest BCUT2D eigenvalue weighted by Crippen LogP contribution is -2.29. The van der Waals surface area contributed by atoms with Gasteiger partial charge in [-0.1, -0.05) is 0 Å². The lowest BCUT2D eigenvalue weighted by Gasteiger charge is -2.22. The molecule has 1 rings (SSSR count). The van der Waals surface area contributed by atoms with E-state index in [1.54, 1.807) is 32.8 Å². The second kappa shape index (κ2) is 6.65. The Morgan fingerprint density at radius 1 is 1.25 bits per heavy atom. The fourth-order valence-electron chi connectivity index (χ4n) is 1.52. The van der Waals surface area contributed by atoms with Gasteiger partial charge in [-0.25, -0.2) is 13.6 Å². The van der Waals surface area contributed by atoms with Crippen LogP contribution in [0.4, 0.5) is 13.6 Å². The van der Waals surface area contributed by atoms with Gasteiger partial charge in [-0.15, -0.1) is 0 Å². The predicted octanol–water partition coefficient (Wildman–Crippen LogP) is 3.04. The Morgan fingerprint density at radius 2 is 1.85 bits per heavy atom. The number of hydrogen-bond acceptors (Lipinski definition) is 3. The molecule has 6 heteroatoms. The third kappa shape index (κ3) is 3.66. The molecule has 0 saturated heterocycles. The summed E-state index contributed by atoms with van der Waals surface area (Å²) < 4.78 is 32.4. The standard InChI is InChI=1S/C14H20F2N2O2/c1-6-18(5)14(19)20-13-7-10(9(2)17(3)4)11(15)8-12(13)16/h7-9H,6H2,1-5H3/t9-/m0/s1. The quantitative estimate of drug-likeness (QED) is 0.853. The Kier molecular flexibility index (Phi) is 5.44. The van der Waals surface area contributed by atoms with Gasteiger partial charge in [0.05, 0.1) is 0 Å². The highest BCUT2D eigenvalue weighted by atomic mass is 19.1. The first-order valence-corrected chi connectivity index (χ1v) is 6.36. The second-order valence-electron chi connectivity index (χ2n) is 4.83. The lowest BCUT2D eigenvalue weighted by molar-refractivity contribution is 0.163. The Labute approximate surface area is 117 Å². The van der Waals surface area contributed by atoms with E-state index in [1.807, 2.05) is 0 Å². The molecule has 1 aromatic carbocycles. The van der Waals surface area contributed by atoms with Gasteiger partial charge in [0.25, 0.3) is 0 Å². The normalized spacial score (nSPS) is 12.4. The van der Waals surface area contributed by atoms with E-state index in [9.17, 15) is 13.6 Å². The Hall–Kier alpha value is -1.69. The summed E-state index contributed by atoms with van der Waals surface area (Å²) in [5, 5.41) is 0. The van der Waals surface area contributed by atoms with E-state index >= 15 is 0 Å². The third-order valence-electron chi connectivity index (χ3n) is 3.26. The molecule has 0 aliphatic carbocycles. The van der Waals surface area contributed by atoms with Crippen molar-refractivity contribution in [2.75, 3.05) is 27.7 Å². The van der Waals surface area contributed by atoms with E-state index in [1.165, 1.54) is 18.0 Å². The zero-order valence-corrected chi connectivity index (χ0v) is 12.4. The molecule has 0 unspecified atom stereocenters. The largest absolute Gasteiger partial charge is 0.415 e. The summed E-state index contributed by atoms with van der Waals surface area (Å²) in [5.41, 5.74) is 0.276. The Bertz CT molecular complexity index is 492. The lowest BCUT2D eigenvalue weighted by atomic mass is 10.1. The van der Waals surface area contributed by atoms with Crippen molar-refractivity contribution in [1.82, 2.24) is 9.80 Å². The summed E-state index contributed by atoms with van der Waals surface area (Å²) in [6.45, 7) is 3.98. The number of nitrogens with zero attached hydrogens (tertiary/aromatic N) is 2. The molecule has 112 valence electrons. The van der Waals surface area contributed by atoms with Crippen LogP contribution in [0.5, 0.6) is 5.75 Å². The molecule has 0 saturated carbocycles. The SMILES string of the molecule is CCN(C)C(=O)Oc1cc([C@H](C)N(C)C)c(F)cc1F. The molecule has 0 aliphatic heterocycles. The van der Waals surface area contributed by atoms with Gasteiger partial charge in [0.1, 0.15) is 5.82 Å². The average Bonchev–Trinajstić information content (AvgIpc) is 2.39. The highest BCUT2D eigenvalue weighted by molar-refractivity contribution is 5.70. The second-order valence-corrected chi connectivity index (χ2v) is 4.83. The van der Waals surface area contributed by atoms with Crippen LogP contribution in [0.15, 0.2) is 12.1 Å². The minimum Gasteiger partial charge on any atom is -0.407 e. The first kappa shape index (κ1) is 16.4. The smallest absolute Gasteiger partial charge is 0.407 e. The van der Waals surface area contributed by atoms with Crippen LogP contribution in [0, 0.1) is 11.6 Å². The van der Waals surface area contributed by atoms with E-state index < -0.39 is 17.7 Å². The van der Waals surface area contributed by atoms with Gasteiger partial charge in [0.2, 0.25) is 0 Å². The van der Waals surface area contributed by atoms with Crippen molar-refractivity contribution in [2.24, 2.45) is 0 Å². The van der Waals surface area contributed by atoms with Crippen molar-refractivity contribution >= 4 is 6.09 Å². The molecular weight excluding hydrogens is 266 g/mol. The number of hydrogen-bond donors (Lipinski definition) is 0. The molecule has 20 heavy (non-hydrogen) atoms. The number of amides is 1. The van der Waals surface area contributed by atoms with Gasteiger partial charge in [-0.2, -0.15) is 0 Å².